The monoisotopic (exact) mass is 489 g/mol. The van der Waals surface area contributed by atoms with E-state index in [1.54, 1.807) is 12.1 Å². The molecule has 0 unspecified atom stereocenters. The minimum atomic E-state index is -4.10. The maximum Gasteiger partial charge on any atom is 0.297 e. The summed E-state index contributed by atoms with van der Waals surface area (Å²) in [6, 6.07) is 5.11. The van der Waals surface area contributed by atoms with Crippen LogP contribution in [-0.4, -0.2) is 70.1 Å². The van der Waals surface area contributed by atoms with E-state index in [9.17, 15) is 23.4 Å². The summed E-state index contributed by atoms with van der Waals surface area (Å²) in [6.45, 7) is 12.6. The number of benzene rings is 1. The summed E-state index contributed by atoms with van der Waals surface area (Å²) in [6.07, 6.45) is -5.07. The molecule has 3 N–H and O–H groups in total. The van der Waals surface area contributed by atoms with Crippen LogP contribution in [0.2, 0.25) is 18.1 Å². The van der Waals surface area contributed by atoms with Gasteiger partial charge in [0, 0.05) is 6.92 Å². The van der Waals surface area contributed by atoms with Crippen molar-refractivity contribution < 1.29 is 36.8 Å². The number of nitrogens with one attached hydrogen (secondary N) is 1. The first-order chi connectivity index (χ1) is 14.5. The number of carbonyl (C=O) groups excluding carboxylic acids is 1. The molecule has 0 aliphatic carbocycles. The fourth-order valence-electron chi connectivity index (χ4n) is 3.05. The quantitative estimate of drug-likeness (QED) is 0.389. The van der Waals surface area contributed by atoms with Crippen LogP contribution in [0.1, 0.15) is 33.3 Å². The first kappa shape index (κ1) is 26.9. The molecule has 1 heterocycles. The van der Waals surface area contributed by atoms with Gasteiger partial charge in [0.1, 0.15) is 18.2 Å². The Labute approximate surface area is 191 Å². The molecule has 0 radical (unpaired) electrons. The summed E-state index contributed by atoms with van der Waals surface area (Å²) >= 11 is 0. The van der Waals surface area contributed by atoms with Gasteiger partial charge in [0.15, 0.2) is 14.6 Å². The van der Waals surface area contributed by atoms with Gasteiger partial charge in [0.25, 0.3) is 10.1 Å². The van der Waals surface area contributed by atoms with Crippen molar-refractivity contribution in [3.8, 4) is 0 Å². The van der Waals surface area contributed by atoms with E-state index in [1.807, 2.05) is 40.8 Å². The molecule has 0 bridgehead atoms. The van der Waals surface area contributed by atoms with Gasteiger partial charge >= 0.3 is 0 Å². The van der Waals surface area contributed by atoms with E-state index < -0.39 is 61.6 Å². The van der Waals surface area contributed by atoms with Crippen molar-refractivity contribution in [3.63, 3.8) is 0 Å². The van der Waals surface area contributed by atoms with Crippen LogP contribution in [0.15, 0.2) is 29.2 Å². The molecular formula is C21H35NO8SSi. The Balaban J connectivity index is 2.24. The normalized spacial score (nSPS) is 27.2. The number of hydrogen-bond donors (Lipinski definition) is 3. The van der Waals surface area contributed by atoms with E-state index in [2.05, 4.69) is 5.32 Å². The van der Waals surface area contributed by atoms with Gasteiger partial charge in [0.05, 0.1) is 17.6 Å². The van der Waals surface area contributed by atoms with Gasteiger partial charge in [-0.05, 0) is 37.2 Å². The zero-order valence-electron chi connectivity index (χ0n) is 19.7. The zero-order chi connectivity index (χ0) is 24.5. The van der Waals surface area contributed by atoms with Gasteiger partial charge in [-0.1, -0.05) is 38.5 Å². The second kappa shape index (κ2) is 9.88. The van der Waals surface area contributed by atoms with Crippen LogP contribution in [0, 0.1) is 6.92 Å². The number of rotatable bonds is 7. The number of aliphatic hydroxyl groups is 2. The first-order valence-electron chi connectivity index (χ1n) is 10.5. The van der Waals surface area contributed by atoms with E-state index >= 15 is 0 Å². The lowest BCUT2D eigenvalue weighted by Gasteiger charge is -2.48. The molecule has 1 aromatic carbocycles. The Hall–Kier alpha value is -1.34. The van der Waals surface area contributed by atoms with E-state index in [0.717, 1.165) is 5.56 Å². The molecule has 0 saturated carbocycles. The number of carbonyl (C=O) groups is 1. The Morgan fingerprint density at radius 3 is 2.25 bits per heavy atom. The third kappa shape index (κ3) is 6.37. The van der Waals surface area contributed by atoms with Crippen molar-refractivity contribution in [2.45, 2.75) is 88.3 Å². The number of amides is 1. The van der Waals surface area contributed by atoms with Crippen molar-refractivity contribution in [2.24, 2.45) is 0 Å². The van der Waals surface area contributed by atoms with Gasteiger partial charge in [-0.25, -0.2) is 0 Å². The molecular weight excluding hydrogens is 454 g/mol. The third-order valence-electron chi connectivity index (χ3n) is 6.00. The largest absolute Gasteiger partial charge is 0.409 e. The van der Waals surface area contributed by atoms with Crippen molar-refractivity contribution in [3.05, 3.63) is 29.8 Å². The lowest BCUT2D eigenvalue weighted by Crippen LogP contribution is -2.67. The molecule has 5 atom stereocenters. The van der Waals surface area contributed by atoms with Gasteiger partial charge in [0.2, 0.25) is 5.91 Å². The smallest absolute Gasteiger partial charge is 0.297 e. The highest BCUT2D eigenvalue weighted by atomic mass is 32.2. The molecule has 9 nitrogen and oxygen atoms in total. The van der Waals surface area contributed by atoms with E-state index in [0.29, 0.717) is 0 Å². The molecule has 1 saturated heterocycles. The predicted molar refractivity (Wildman–Crippen MR) is 121 cm³/mol. The molecule has 1 aromatic rings. The lowest BCUT2D eigenvalue weighted by atomic mass is 9.97. The minimum absolute atomic E-state index is 0.0286. The molecule has 182 valence electrons. The summed E-state index contributed by atoms with van der Waals surface area (Å²) < 4.78 is 41.9. The maximum absolute atomic E-state index is 12.5. The van der Waals surface area contributed by atoms with Crippen molar-refractivity contribution >= 4 is 24.3 Å². The van der Waals surface area contributed by atoms with Crippen LogP contribution in [0.5, 0.6) is 0 Å². The predicted octanol–water partition coefficient (Wildman–Crippen LogP) is 1.67. The minimum Gasteiger partial charge on any atom is -0.409 e. The number of aliphatic hydroxyl groups excluding tert-OH is 2. The molecule has 1 amide bonds. The van der Waals surface area contributed by atoms with Crippen LogP contribution in [-0.2, 0) is 28.3 Å². The Morgan fingerprint density at radius 2 is 1.75 bits per heavy atom. The Morgan fingerprint density at radius 1 is 1.19 bits per heavy atom. The molecule has 1 aliphatic heterocycles. The fourth-order valence-corrected chi connectivity index (χ4v) is 5.28. The van der Waals surface area contributed by atoms with Gasteiger partial charge in [-0.15, -0.1) is 0 Å². The van der Waals surface area contributed by atoms with E-state index in [4.69, 9.17) is 13.3 Å². The zero-order valence-corrected chi connectivity index (χ0v) is 21.5. The molecule has 0 aromatic heterocycles. The lowest BCUT2D eigenvalue weighted by molar-refractivity contribution is -0.249. The van der Waals surface area contributed by atoms with Crippen LogP contribution >= 0.6 is 0 Å². The van der Waals surface area contributed by atoms with Crippen LogP contribution < -0.4 is 5.32 Å². The highest BCUT2D eigenvalue weighted by Crippen LogP contribution is 2.39. The van der Waals surface area contributed by atoms with E-state index in [-0.39, 0.29) is 9.93 Å². The van der Waals surface area contributed by atoms with Crippen LogP contribution in [0.25, 0.3) is 0 Å². The SMILES string of the molecule is CC(=O)N[C@@H]1[C@@H](O[Si](C)(C)C(C)(C)C)[C@H](O)[C@@H](COS(=O)(=O)c2ccc(C)cc2)O[C@H]1O. The van der Waals surface area contributed by atoms with Crippen molar-refractivity contribution in [1.29, 1.82) is 0 Å². The summed E-state index contributed by atoms with van der Waals surface area (Å²) in [7, 11) is -6.54. The standard InChI is InChI=1S/C21H35NO8SSi/c1-13-8-10-15(11-9-13)31(26,27)28-12-16-18(24)19(30-32(6,7)21(3,4)5)17(20(25)29-16)22-14(2)23/h8-11,16-20,24-25H,12H2,1-7H3,(H,22,23)/t16-,17-,18-,19-,20-/m1/s1. The summed E-state index contributed by atoms with van der Waals surface area (Å²) in [4.78, 5) is 11.7. The number of aryl methyl sites for hydroxylation is 1. The highest BCUT2D eigenvalue weighted by Gasteiger charge is 2.50. The molecule has 2 rings (SSSR count). The van der Waals surface area contributed by atoms with Crippen molar-refractivity contribution in [1.82, 2.24) is 5.32 Å². The Bertz CT molecular complexity index is 897. The number of ether oxygens (including phenoxy) is 1. The first-order valence-corrected chi connectivity index (χ1v) is 14.8. The second-order valence-electron chi connectivity index (χ2n) is 9.68. The Kier molecular flexibility index (Phi) is 8.30. The average Bonchev–Trinajstić information content (AvgIpc) is 2.65. The third-order valence-corrected chi connectivity index (χ3v) is 11.8. The van der Waals surface area contributed by atoms with Crippen LogP contribution in [0.3, 0.4) is 0 Å². The molecule has 11 heteroatoms. The molecule has 32 heavy (non-hydrogen) atoms. The number of hydrogen-bond acceptors (Lipinski definition) is 8. The van der Waals surface area contributed by atoms with Gasteiger partial charge < -0.3 is 24.7 Å². The van der Waals surface area contributed by atoms with Gasteiger partial charge in [-0.3, -0.25) is 8.98 Å². The maximum atomic E-state index is 12.5. The summed E-state index contributed by atoms with van der Waals surface area (Å²) in [5.41, 5.74) is 0.896. The topological polar surface area (TPSA) is 131 Å². The fraction of sp³-hybridized carbons (Fsp3) is 0.667. The average molecular weight is 490 g/mol. The molecule has 1 aliphatic rings. The summed E-state index contributed by atoms with van der Waals surface area (Å²) in [5.74, 6) is -0.426. The van der Waals surface area contributed by atoms with Crippen LogP contribution in [0.4, 0.5) is 0 Å². The van der Waals surface area contributed by atoms with Gasteiger partial charge in [-0.2, -0.15) is 8.42 Å². The van der Waals surface area contributed by atoms with E-state index in [1.165, 1.54) is 19.1 Å². The summed E-state index contributed by atoms with van der Waals surface area (Å²) in [5, 5.41) is 23.9. The van der Waals surface area contributed by atoms with Crippen molar-refractivity contribution in [2.75, 3.05) is 6.61 Å². The molecule has 0 spiro atoms. The second-order valence-corrected chi connectivity index (χ2v) is 16.0. The highest BCUT2D eigenvalue weighted by molar-refractivity contribution is 7.86. The molecule has 1 fully saturated rings.